The standard InChI is InChI=1S/C36H38NO3.HI/c1-5-21-37-32-12-7-6-11-31(32)36(2,3)34(37)20-16-26-9-8-10-28-22-27-15-19-30(23-33(27)40-35(26)28)39-24-25-13-17-29(38-4)18-14-25;/h6-7,11-20,22-23H,5,8-10,21,24H2,1-4H3;1H/q+1;/p-1/b20-16+;. The van der Waals surface area contributed by atoms with Gasteiger partial charge in [0.15, 0.2) is 5.71 Å². The number of fused-ring (bicyclic) bond motifs is 3. The van der Waals surface area contributed by atoms with Crippen molar-refractivity contribution >= 4 is 17.5 Å². The maximum absolute atomic E-state index is 6.62. The van der Waals surface area contributed by atoms with Crippen LogP contribution in [0.2, 0.25) is 0 Å². The van der Waals surface area contributed by atoms with Crippen LogP contribution in [0.1, 0.15) is 63.1 Å². The van der Waals surface area contributed by atoms with E-state index >= 15 is 0 Å². The summed E-state index contributed by atoms with van der Waals surface area (Å²) < 4.78 is 20.5. The van der Waals surface area contributed by atoms with Crippen molar-refractivity contribution in [1.82, 2.24) is 0 Å². The zero-order valence-electron chi connectivity index (χ0n) is 24.4. The van der Waals surface area contributed by atoms with Gasteiger partial charge < -0.3 is 38.2 Å². The van der Waals surface area contributed by atoms with Crippen molar-refractivity contribution in [2.75, 3.05) is 13.7 Å². The van der Waals surface area contributed by atoms with E-state index in [0.717, 1.165) is 66.4 Å². The topological polar surface area (TPSA) is 30.7 Å². The first-order valence-corrected chi connectivity index (χ1v) is 14.4. The lowest BCUT2D eigenvalue weighted by atomic mass is 9.81. The minimum Gasteiger partial charge on any atom is -1.00 e. The Hall–Kier alpha value is -3.32. The van der Waals surface area contributed by atoms with Gasteiger partial charge in [0, 0.05) is 35.8 Å². The van der Waals surface area contributed by atoms with E-state index < -0.39 is 0 Å². The molecule has 3 aromatic carbocycles. The van der Waals surface area contributed by atoms with Gasteiger partial charge in [-0.1, -0.05) is 37.3 Å². The fourth-order valence-electron chi connectivity index (χ4n) is 6.11. The maximum Gasteiger partial charge on any atom is 0.209 e. The second-order valence-corrected chi connectivity index (χ2v) is 11.3. The molecule has 3 aliphatic rings. The number of para-hydroxylation sites is 1. The number of nitrogens with zero attached hydrogens (tertiary/aromatic N) is 1. The molecule has 0 atom stereocenters. The van der Waals surface area contributed by atoms with Gasteiger partial charge in [-0.3, -0.25) is 0 Å². The highest BCUT2D eigenvalue weighted by Gasteiger charge is 2.43. The third-order valence-electron chi connectivity index (χ3n) is 8.26. The summed E-state index contributed by atoms with van der Waals surface area (Å²) in [4.78, 5) is 0. The van der Waals surface area contributed by atoms with Crippen molar-refractivity contribution < 1.29 is 42.8 Å². The van der Waals surface area contributed by atoms with Crippen LogP contribution in [0.15, 0.2) is 95.8 Å². The van der Waals surface area contributed by atoms with Gasteiger partial charge >= 0.3 is 0 Å². The molecule has 212 valence electrons. The van der Waals surface area contributed by atoms with E-state index in [4.69, 9.17) is 14.2 Å². The number of methoxy groups -OCH3 is 1. The Morgan fingerprint density at radius 2 is 1.73 bits per heavy atom. The highest BCUT2D eigenvalue weighted by molar-refractivity contribution is 6.03. The molecule has 3 aromatic rings. The Morgan fingerprint density at radius 1 is 0.951 bits per heavy atom. The lowest BCUT2D eigenvalue weighted by Crippen LogP contribution is -3.00. The van der Waals surface area contributed by atoms with E-state index in [0.29, 0.717) is 6.61 Å². The third-order valence-corrected chi connectivity index (χ3v) is 8.26. The summed E-state index contributed by atoms with van der Waals surface area (Å²) in [5.41, 5.74) is 8.79. The number of rotatable bonds is 8. The first-order valence-electron chi connectivity index (χ1n) is 14.4. The molecule has 0 spiro atoms. The number of ether oxygens (including phenoxy) is 3. The molecule has 1 aliphatic carbocycles. The molecule has 0 N–H and O–H groups in total. The number of hydrogen-bond donors (Lipinski definition) is 0. The van der Waals surface area contributed by atoms with E-state index in [1.54, 1.807) is 7.11 Å². The number of benzene rings is 3. The van der Waals surface area contributed by atoms with Crippen LogP contribution in [0.25, 0.3) is 6.08 Å². The van der Waals surface area contributed by atoms with Crippen LogP contribution in [-0.2, 0) is 12.0 Å². The van der Waals surface area contributed by atoms with Crippen molar-refractivity contribution in [3.8, 4) is 17.2 Å². The molecule has 41 heavy (non-hydrogen) atoms. The van der Waals surface area contributed by atoms with Gasteiger partial charge in [-0.05, 0) is 86.2 Å². The molecule has 0 aromatic heterocycles. The maximum atomic E-state index is 6.62. The number of allylic oxidation sites excluding steroid dienone is 4. The summed E-state index contributed by atoms with van der Waals surface area (Å²) in [6, 6.07) is 22.9. The molecule has 5 heteroatoms. The quantitative estimate of drug-likeness (QED) is 0.236. The third kappa shape index (κ3) is 5.74. The molecule has 0 fully saturated rings. The van der Waals surface area contributed by atoms with Gasteiger partial charge in [0.25, 0.3) is 0 Å². The second kappa shape index (κ2) is 12.3. The minimum absolute atomic E-state index is 0. The molecule has 2 aliphatic heterocycles. The van der Waals surface area contributed by atoms with Gasteiger partial charge in [-0.15, -0.1) is 0 Å². The lowest BCUT2D eigenvalue weighted by Gasteiger charge is -2.27. The molecule has 0 bridgehead atoms. The van der Waals surface area contributed by atoms with Crippen LogP contribution in [0.4, 0.5) is 5.69 Å². The normalized spacial score (nSPS) is 16.8. The Kier molecular flexibility index (Phi) is 8.74. The molecule has 0 amide bonds. The van der Waals surface area contributed by atoms with Crippen molar-refractivity contribution in [2.45, 2.75) is 58.5 Å². The predicted octanol–water partition coefficient (Wildman–Crippen LogP) is 5.53. The average molecular weight is 660 g/mol. The Balaban J connectivity index is 0.00000337. The minimum atomic E-state index is -0.0447. The van der Waals surface area contributed by atoms with Crippen molar-refractivity contribution in [3.63, 3.8) is 0 Å². The van der Waals surface area contributed by atoms with Gasteiger partial charge in [0.05, 0.1) is 12.5 Å². The molecule has 6 rings (SSSR count). The second-order valence-electron chi connectivity index (χ2n) is 11.3. The van der Waals surface area contributed by atoms with Crippen LogP contribution in [0.3, 0.4) is 0 Å². The Labute approximate surface area is 261 Å². The average Bonchev–Trinajstić information content (AvgIpc) is 3.19. The van der Waals surface area contributed by atoms with Crippen molar-refractivity contribution in [1.29, 1.82) is 0 Å². The van der Waals surface area contributed by atoms with E-state index in [9.17, 15) is 0 Å². The number of halogens is 1. The number of hydrogen-bond acceptors (Lipinski definition) is 3. The molecular weight excluding hydrogens is 621 g/mol. The van der Waals surface area contributed by atoms with Crippen LogP contribution in [0, 0.1) is 0 Å². The van der Waals surface area contributed by atoms with Crippen LogP contribution in [-0.4, -0.2) is 23.9 Å². The zero-order chi connectivity index (χ0) is 27.7. The first-order chi connectivity index (χ1) is 19.5. The molecule has 0 unspecified atom stereocenters. The van der Waals surface area contributed by atoms with Gasteiger partial charge in [0.2, 0.25) is 5.69 Å². The summed E-state index contributed by atoms with van der Waals surface area (Å²) >= 11 is 0. The SMILES string of the molecule is CCC[N+]1=C(/C=C/C2=C3Oc4cc(OCc5ccc(OC)cc5)ccc4C=C3CCC2)C(C)(C)c2ccccc21.[I-]. The van der Waals surface area contributed by atoms with Gasteiger partial charge in [-0.2, -0.15) is 4.58 Å². The summed E-state index contributed by atoms with van der Waals surface area (Å²) in [6.45, 7) is 8.43. The Bertz CT molecular complexity index is 1560. The summed E-state index contributed by atoms with van der Waals surface area (Å²) in [5.74, 6) is 3.51. The zero-order valence-corrected chi connectivity index (χ0v) is 26.5. The van der Waals surface area contributed by atoms with Crippen LogP contribution < -0.4 is 38.2 Å². The fraction of sp³-hybridized carbons (Fsp3) is 0.306. The van der Waals surface area contributed by atoms with Crippen molar-refractivity contribution in [3.05, 3.63) is 112 Å². The van der Waals surface area contributed by atoms with Gasteiger partial charge in [0.1, 0.15) is 36.2 Å². The first kappa shape index (κ1) is 29.2. The summed E-state index contributed by atoms with van der Waals surface area (Å²) in [5, 5.41) is 0. The van der Waals surface area contributed by atoms with E-state index in [-0.39, 0.29) is 29.4 Å². The van der Waals surface area contributed by atoms with Gasteiger partial charge in [-0.25, -0.2) is 0 Å². The highest BCUT2D eigenvalue weighted by Crippen LogP contribution is 2.42. The molecule has 0 saturated carbocycles. The monoisotopic (exact) mass is 659 g/mol. The van der Waals surface area contributed by atoms with E-state index in [1.165, 1.54) is 28.1 Å². The molecule has 0 saturated heterocycles. The molecule has 4 nitrogen and oxygen atoms in total. The van der Waals surface area contributed by atoms with Crippen LogP contribution in [0.5, 0.6) is 17.2 Å². The smallest absolute Gasteiger partial charge is 0.209 e. The highest BCUT2D eigenvalue weighted by atomic mass is 127. The van der Waals surface area contributed by atoms with Crippen molar-refractivity contribution in [2.24, 2.45) is 0 Å². The molecule has 0 radical (unpaired) electrons. The Morgan fingerprint density at radius 3 is 2.51 bits per heavy atom. The molecule has 2 heterocycles. The largest absolute Gasteiger partial charge is 1.00 e. The lowest BCUT2D eigenvalue weighted by molar-refractivity contribution is -0.437. The molecular formula is C36H38INO3. The fourth-order valence-corrected chi connectivity index (χ4v) is 6.11. The van der Waals surface area contributed by atoms with E-state index in [2.05, 4.69) is 73.9 Å². The summed E-state index contributed by atoms with van der Waals surface area (Å²) in [7, 11) is 1.68. The predicted molar refractivity (Wildman–Crippen MR) is 162 cm³/mol. The summed E-state index contributed by atoms with van der Waals surface area (Å²) in [6.07, 6.45) is 11.2. The van der Waals surface area contributed by atoms with E-state index in [1.807, 2.05) is 36.4 Å². The van der Waals surface area contributed by atoms with Crippen LogP contribution >= 0.6 is 0 Å².